The Bertz CT molecular complexity index is 491. The average Bonchev–Trinajstić information content (AvgIpc) is 2.27. The number of hydrogen-bond donors (Lipinski definition) is 1. The molecule has 6 nitrogen and oxygen atoms in total. The van der Waals surface area contributed by atoms with E-state index in [0.29, 0.717) is 10.2 Å². The van der Waals surface area contributed by atoms with Gasteiger partial charge in [-0.15, -0.1) is 0 Å². The van der Waals surface area contributed by atoms with Crippen molar-refractivity contribution in [1.82, 2.24) is 5.32 Å². The smallest absolute Gasteiger partial charge is 0.293 e. The third-order valence-electron chi connectivity index (χ3n) is 2.38. The fourth-order valence-electron chi connectivity index (χ4n) is 1.63. The van der Waals surface area contributed by atoms with Gasteiger partial charge in [-0.25, -0.2) is 0 Å². The van der Waals surface area contributed by atoms with E-state index in [1.807, 2.05) is 13.8 Å². The molecule has 0 spiro atoms. The number of rotatable bonds is 5. The Hall–Kier alpha value is -1.63. The lowest BCUT2D eigenvalue weighted by Gasteiger charge is -2.19. The van der Waals surface area contributed by atoms with Crippen LogP contribution in [0.3, 0.4) is 0 Å². The van der Waals surface area contributed by atoms with Crippen LogP contribution in [-0.4, -0.2) is 30.5 Å². The van der Waals surface area contributed by atoms with Gasteiger partial charge in [0.1, 0.15) is 5.69 Å². The maximum atomic E-state index is 11.7. The number of hydrogen-bond acceptors (Lipinski definition) is 4. The Morgan fingerprint density at radius 3 is 2.68 bits per heavy atom. The van der Waals surface area contributed by atoms with Crippen LogP contribution in [0.5, 0.6) is 0 Å². The Morgan fingerprint density at radius 1 is 1.53 bits per heavy atom. The Kier molecular flexibility index (Phi) is 5.29. The molecule has 0 aliphatic carbocycles. The second-order valence-electron chi connectivity index (χ2n) is 4.47. The Morgan fingerprint density at radius 2 is 2.16 bits per heavy atom. The first-order valence-electron chi connectivity index (χ1n) is 5.75. The summed E-state index contributed by atoms with van der Waals surface area (Å²) in [6, 6.07) is 4.79. The first-order chi connectivity index (χ1) is 8.81. The van der Waals surface area contributed by atoms with Gasteiger partial charge in [0.25, 0.3) is 5.69 Å². The number of likely N-dealkylation sites (N-methyl/N-ethyl adjacent to an activating group) is 1. The highest BCUT2D eigenvalue weighted by Crippen LogP contribution is 2.30. The summed E-state index contributed by atoms with van der Waals surface area (Å²) in [5.74, 6) is -0.172. The number of nitro groups is 1. The molecule has 19 heavy (non-hydrogen) atoms. The minimum absolute atomic E-state index is 0.0331. The van der Waals surface area contributed by atoms with Crippen LogP contribution in [0, 0.1) is 10.1 Å². The van der Waals surface area contributed by atoms with Crippen molar-refractivity contribution in [2.75, 3.05) is 18.5 Å². The summed E-state index contributed by atoms with van der Waals surface area (Å²) in [4.78, 5) is 23.7. The van der Waals surface area contributed by atoms with Crippen LogP contribution in [0.25, 0.3) is 0 Å². The predicted octanol–water partition coefficient (Wildman–Crippen LogP) is 2.32. The molecule has 1 aromatic rings. The summed E-state index contributed by atoms with van der Waals surface area (Å²) in [5, 5.41) is 13.7. The van der Waals surface area contributed by atoms with Crippen molar-refractivity contribution in [3.05, 3.63) is 32.8 Å². The molecule has 1 rings (SSSR count). The van der Waals surface area contributed by atoms with Crippen LogP contribution < -0.4 is 10.2 Å². The van der Waals surface area contributed by atoms with E-state index < -0.39 is 4.92 Å². The fourth-order valence-corrected chi connectivity index (χ4v) is 1.98. The van der Waals surface area contributed by atoms with Gasteiger partial charge in [0.15, 0.2) is 0 Å². The summed E-state index contributed by atoms with van der Waals surface area (Å²) in [7, 11) is 1.65. The fraction of sp³-hybridized carbons (Fsp3) is 0.417. The highest BCUT2D eigenvalue weighted by Gasteiger charge is 2.19. The van der Waals surface area contributed by atoms with Gasteiger partial charge in [-0.2, -0.15) is 0 Å². The average molecular weight is 330 g/mol. The van der Waals surface area contributed by atoms with E-state index in [1.54, 1.807) is 24.1 Å². The first kappa shape index (κ1) is 15.4. The molecule has 0 unspecified atom stereocenters. The molecular formula is C12H16BrN3O3. The van der Waals surface area contributed by atoms with Crippen LogP contribution in [0.2, 0.25) is 0 Å². The molecule has 1 aromatic carbocycles. The minimum atomic E-state index is -0.461. The maximum absolute atomic E-state index is 11.7. The van der Waals surface area contributed by atoms with E-state index >= 15 is 0 Å². The molecule has 7 heteroatoms. The number of nitrogens with zero attached hydrogens (tertiary/aromatic N) is 2. The molecule has 0 heterocycles. The molecule has 0 aromatic heterocycles. The van der Waals surface area contributed by atoms with Crippen LogP contribution in [-0.2, 0) is 4.79 Å². The van der Waals surface area contributed by atoms with Crippen molar-refractivity contribution in [3.8, 4) is 0 Å². The zero-order chi connectivity index (χ0) is 14.6. The van der Waals surface area contributed by atoms with Crippen molar-refractivity contribution in [2.24, 2.45) is 0 Å². The number of carbonyl (C=O) groups is 1. The summed E-state index contributed by atoms with van der Waals surface area (Å²) in [5.41, 5.74) is 0.376. The second kappa shape index (κ2) is 6.51. The number of anilines is 1. The predicted molar refractivity (Wildman–Crippen MR) is 77.3 cm³/mol. The van der Waals surface area contributed by atoms with Gasteiger partial charge in [-0.1, -0.05) is 15.9 Å². The summed E-state index contributed by atoms with van der Waals surface area (Å²) in [6.07, 6.45) is 0. The van der Waals surface area contributed by atoms with E-state index in [4.69, 9.17) is 0 Å². The van der Waals surface area contributed by atoms with E-state index in [2.05, 4.69) is 21.2 Å². The molecule has 1 amide bonds. The monoisotopic (exact) mass is 329 g/mol. The van der Waals surface area contributed by atoms with Gasteiger partial charge in [0, 0.05) is 23.6 Å². The number of nitro benzene ring substituents is 1. The molecule has 0 radical (unpaired) electrons. The first-order valence-corrected chi connectivity index (χ1v) is 6.55. The van der Waals surface area contributed by atoms with Crippen molar-refractivity contribution < 1.29 is 9.72 Å². The lowest BCUT2D eigenvalue weighted by Crippen LogP contribution is -2.38. The van der Waals surface area contributed by atoms with E-state index in [1.165, 1.54) is 6.07 Å². The van der Waals surface area contributed by atoms with Gasteiger partial charge in [-0.3, -0.25) is 14.9 Å². The number of amides is 1. The molecule has 0 atom stereocenters. The van der Waals surface area contributed by atoms with E-state index in [0.717, 1.165) is 0 Å². The highest BCUT2D eigenvalue weighted by molar-refractivity contribution is 9.10. The number of benzene rings is 1. The number of halogens is 1. The minimum Gasteiger partial charge on any atom is -0.360 e. The molecule has 1 N–H and O–H groups in total. The lowest BCUT2D eigenvalue weighted by atomic mass is 10.2. The third-order valence-corrected chi connectivity index (χ3v) is 2.87. The number of carbonyl (C=O) groups excluding carboxylic acids is 1. The molecule has 0 bridgehead atoms. The largest absolute Gasteiger partial charge is 0.360 e. The van der Waals surface area contributed by atoms with Crippen LogP contribution >= 0.6 is 15.9 Å². The van der Waals surface area contributed by atoms with Gasteiger partial charge in [0.2, 0.25) is 5.91 Å². The van der Waals surface area contributed by atoms with Crippen molar-refractivity contribution >= 4 is 33.2 Å². The zero-order valence-corrected chi connectivity index (χ0v) is 12.6. The highest BCUT2D eigenvalue weighted by atomic mass is 79.9. The van der Waals surface area contributed by atoms with Crippen LogP contribution in [0.4, 0.5) is 11.4 Å². The third kappa shape index (κ3) is 4.51. The molecule has 104 valence electrons. The van der Waals surface area contributed by atoms with Crippen LogP contribution in [0.15, 0.2) is 22.7 Å². The molecule has 0 saturated carbocycles. The molecule has 0 aliphatic rings. The standard InChI is InChI=1S/C12H16BrN3O3/c1-8(2)14-12(17)7-15(3)10-5-4-9(13)6-11(10)16(18)19/h4-6,8H,7H2,1-3H3,(H,14,17). The van der Waals surface area contributed by atoms with E-state index in [9.17, 15) is 14.9 Å². The summed E-state index contributed by atoms with van der Waals surface area (Å²) in [6.45, 7) is 3.79. The summed E-state index contributed by atoms with van der Waals surface area (Å²) >= 11 is 3.20. The van der Waals surface area contributed by atoms with Crippen LogP contribution in [0.1, 0.15) is 13.8 Å². The van der Waals surface area contributed by atoms with Gasteiger partial charge >= 0.3 is 0 Å². The van der Waals surface area contributed by atoms with Gasteiger partial charge in [0.05, 0.1) is 11.5 Å². The zero-order valence-electron chi connectivity index (χ0n) is 11.0. The maximum Gasteiger partial charge on any atom is 0.293 e. The Labute approximate surface area is 120 Å². The SMILES string of the molecule is CC(C)NC(=O)CN(C)c1ccc(Br)cc1[N+](=O)[O-]. The van der Waals surface area contributed by atoms with Gasteiger partial charge < -0.3 is 10.2 Å². The Balaban J connectivity index is 2.90. The summed E-state index contributed by atoms with van der Waals surface area (Å²) < 4.78 is 0.628. The molecule has 0 aliphatic heterocycles. The van der Waals surface area contributed by atoms with Crippen molar-refractivity contribution in [1.29, 1.82) is 0 Å². The van der Waals surface area contributed by atoms with Crippen molar-refractivity contribution in [2.45, 2.75) is 19.9 Å². The molecule has 0 fully saturated rings. The quantitative estimate of drug-likeness (QED) is 0.664. The topological polar surface area (TPSA) is 75.5 Å². The van der Waals surface area contributed by atoms with Gasteiger partial charge in [-0.05, 0) is 26.0 Å². The molecular weight excluding hydrogens is 314 g/mol. The lowest BCUT2D eigenvalue weighted by molar-refractivity contribution is -0.384. The van der Waals surface area contributed by atoms with E-state index in [-0.39, 0.29) is 24.2 Å². The number of nitrogens with one attached hydrogen (secondary N) is 1. The second-order valence-corrected chi connectivity index (χ2v) is 5.38. The molecule has 0 saturated heterocycles. The van der Waals surface area contributed by atoms with Crippen molar-refractivity contribution in [3.63, 3.8) is 0 Å². The normalized spacial score (nSPS) is 10.4.